The van der Waals surface area contributed by atoms with Gasteiger partial charge in [-0.2, -0.15) is 0 Å². The Morgan fingerprint density at radius 3 is 2.68 bits per heavy atom. The molecule has 0 saturated heterocycles. The smallest absolute Gasteiger partial charge is 0.183 e. The molecule has 2 aromatic rings. The fraction of sp³-hybridized carbons (Fsp3) is 0.357. The van der Waals surface area contributed by atoms with Crippen molar-refractivity contribution in [1.82, 2.24) is 4.98 Å². The van der Waals surface area contributed by atoms with Gasteiger partial charge in [-0.3, -0.25) is 0 Å². The van der Waals surface area contributed by atoms with Crippen molar-refractivity contribution in [2.24, 2.45) is 5.73 Å². The van der Waals surface area contributed by atoms with E-state index in [0.717, 1.165) is 23.5 Å². The molecule has 0 aliphatic carbocycles. The zero-order chi connectivity index (χ0) is 13.7. The summed E-state index contributed by atoms with van der Waals surface area (Å²) in [6.45, 7) is 2.60. The molecular weight excluding hydrogens is 280 g/mol. The van der Waals surface area contributed by atoms with Gasteiger partial charge in [0.1, 0.15) is 12.4 Å². The van der Waals surface area contributed by atoms with Gasteiger partial charge >= 0.3 is 0 Å². The van der Waals surface area contributed by atoms with Crippen molar-refractivity contribution >= 4 is 22.9 Å². The van der Waals surface area contributed by atoms with Crippen LogP contribution >= 0.6 is 22.9 Å². The van der Waals surface area contributed by atoms with Gasteiger partial charge in [-0.15, -0.1) is 11.3 Å². The molecule has 0 spiro atoms. The molecule has 0 amide bonds. The molecule has 1 aromatic carbocycles. The van der Waals surface area contributed by atoms with Crippen molar-refractivity contribution in [3.63, 3.8) is 0 Å². The summed E-state index contributed by atoms with van der Waals surface area (Å²) < 4.78 is 6.22. The first kappa shape index (κ1) is 14.3. The molecule has 0 aliphatic heterocycles. The number of nitrogens with zero attached hydrogens (tertiary/aromatic N) is 1. The summed E-state index contributed by atoms with van der Waals surface area (Å²) in [4.78, 5) is 4.99. The maximum Gasteiger partial charge on any atom is 0.183 e. The van der Waals surface area contributed by atoms with E-state index in [-0.39, 0.29) is 6.04 Å². The van der Waals surface area contributed by atoms with E-state index in [4.69, 9.17) is 22.1 Å². The van der Waals surface area contributed by atoms with Gasteiger partial charge in [0, 0.05) is 12.2 Å². The van der Waals surface area contributed by atoms with Crippen LogP contribution in [-0.2, 0) is 13.0 Å². The third-order valence-corrected chi connectivity index (χ3v) is 3.94. The summed E-state index contributed by atoms with van der Waals surface area (Å²) in [7, 11) is 0. The first-order valence-corrected chi connectivity index (χ1v) is 7.44. The lowest BCUT2D eigenvalue weighted by Gasteiger charge is -2.09. The lowest BCUT2D eigenvalue weighted by atomic mass is 10.0. The number of benzene rings is 1. The lowest BCUT2D eigenvalue weighted by molar-refractivity contribution is 0.309. The minimum atomic E-state index is 0.228. The minimum absolute atomic E-state index is 0.228. The van der Waals surface area contributed by atoms with Crippen molar-refractivity contribution in [3.8, 4) is 5.75 Å². The maximum atomic E-state index is 5.93. The van der Waals surface area contributed by atoms with Crippen LogP contribution in [0.2, 0.25) is 4.47 Å². The van der Waals surface area contributed by atoms with Crippen LogP contribution in [0.5, 0.6) is 5.75 Å². The molecule has 1 aromatic heterocycles. The first-order chi connectivity index (χ1) is 9.17. The summed E-state index contributed by atoms with van der Waals surface area (Å²) in [6, 6.07) is 8.29. The van der Waals surface area contributed by atoms with Crippen molar-refractivity contribution in [1.29, 1.82) is 0 Å². The molecule has 2 rings (SSSR count). The first-order valence-electron chi connectivity index (χ1n) is 6.25. The lowest BCUT2D eigenvalue weighted by Crippen LogP contribution is -2.21. The van der Waals surface area contributed by atoms with E-state index < -0.39 is 0 Å². The Kier molecular flexibility index (Phi) is 5.19. The van der Waals surface area contributed by atoms with E-state index >= 15 is 0 Å². The quantitative estimate of drug-likeness (QED) is 0.885. The molecule has 0 bridgehead atoms. The molecular formula is C14H17ClN2OS. The average molecular weight is 297 g/mol. The van der Waals surface area contributed by atoms with E-state index in [1.807, 2.05) is 12.1 Å². The van der Waals surface area contributed by atoms with E-state index in [1.54, 1.807) is 6.20 Å². The Balaban J connectivity index is 1.88. The average Bonchev–Trinajstić information content (AvgIpc) is 2.83. The van der Waals surface area contributed by atoms with Crippen LogP contribution in [0.15, 0.2) is 30.5 Å². The molecule has 19 heavy (non-hydrogen) atoms. The third-order valence-electron chi connectivity index (χ3n) is 2.85. The zero-order valence-electron chi connectivity index (χ0n) is 10.8. The molecule has 1 heterocycles. The predicted octanol–water partition coefficient (Wildman–Crippen LogP) is 3.66. The van der Waals surface area contributed by atoms with Gasteiger partial charge in [-0.1, -0.05) is 30.7 Å². The summed E-state index contributed by atoms with van der Waals surface area (Å²) in [5.41, 5.74) is 7.17. The van der Waals surface area contributed by atoms with E-state index in [1.165, 1.54) is 16.9 Å². The van der Waals surface area contributed by atoms with Gasteiger partial charge in [0.05, 0.1) is 4.88 Å². The van der Waals surface area contributed by atoms with Crippen LogP contribution in [0.4, 0.5) is 0 Å². The van der Waals surface area contributed by atoms with E-state index in [2.05, 4.69) is 24.0 Å². The highest BCUT2D eigenvalue weighted by Crippen LogP contribution is 2.20. The molecule has 0 saturated carbocycles. The Morgan fingerprint density at radius 1 is 1.37 bits per heavy atom. The number of ether oxygens (including phenoxy) is 1. The highest BCUT2D eigenvalue weighted by molar-refractivity contribution is 7.15. The van der Waals surface area contributed by atoms with Crippen LogP contribution in [0.3, 0.4) is 0 Å². The molecule has 0 radical (unpaired) electrons. The van der Waals surface area contributed by atoms with E-state index in [0.29, 0.717) is 11.1 Å². The molecule has 1 atom stereocenters. The highest BCUT2D eigenvalue weighted by Gasteiger charge is 2.03. The second-order valence-electron chi connectivity index (χ2n) is 4.38. The minimum Gasteiger partial charge on any atom is -0.488 e. The Hall–Kier alpha value is -1.10. The Labute approximate surface area is 122 Å². The van der Waals surface area contributed by atoms with Crippen LogP contribution in [0.25, 0.3) is 0 Å². The molecule has 2 N–H and O–H groups in total. The number of hydrogen-bond donors (Lipinski definition) is 1. The number of aromatic nitrogens is 1. The van der Waals surface area contributed by atoms with Crippen molar-refractivity contribution in [3.05, 3.63) is 45.4 Å². The normalized spacial score (nSPS) is 12.4. The van der Waals surface area contributed by atoms with Crippen LogP contribution < -0.4 is 10.5 Å². The molecule has 102 valence electrons. The van der Waals surface area contributed by atoms with Crippen LogP contribution in [0, 0.1) is 0 Å². The summed E-state index contributed by atoms with van der Waals surface area (Å²) in [6.07, 6.45) is 3.63. The molecule has 5 heteroatoms. The second kappa shape index (κ2) is 6.89. The van der Waals surface area contributed by atoms with Gasteiger partial charge in [-0.25, -0.2) is 4.98 Å². The summed E-state index contributed by atoms with van der Waals surface area (Å²) in [5.74, 6) is 0.846. The summed E-state index contributed by atoms with van der Waals surface area (Å²) >= 11 is 7.20. The molecule has 0 fully saturated rings. The van der Waals surface area contributed by atoms with Gasteiger partial charge < -0.3 is 10.5 Å². The Morgan fingerprint density at radius 2 is 2.11 bits per heavy atom. The Bertz CT molecular complexity index is 512. The fourth-order valence-corrected chi connectivity index (χ4v) is 2.56. The fourth-order valence-electron chi connectivity index (χ4n) is 1.67. The van der Waals surface area contributed by atoms with Crippen molar-refractivity contribution in [2.75, 3.05) is 0 Å². The third kappa shape index (κ3) is 4.49. The van der Waals surface area contributed by atoms with Crippen LogP contribution in [0.1, 0.15) is 23.8 Å². The predicted molar refractivity (Wildman–Crippen MR) is 79.9 cm³/mol. The van der Waals surface area contributed by atoms with E-state index in [9.17, 15) is 0 Å². The molecule has 1 unspecified atom stereocenters. The number of rotatable bonds is 6. The second-order valence-corrected chi connectivity index (χ2v) is 6.08. The van der Waals surface area contributed by atoms with Gasteiger partial charge in [0.2, 0.25) is 0 Å². The highest BCUT2D eigenvalue weighted by atomic mass is 35.5. The standard InChI is InChI=1S/C14H17ClN2OS/c1-2-11(16)7-10-3-5-12(6-4-10)18-9-13-8-17-14(15)19-13/h3-6,8,11H,2,7,9,16H2,1H3. The number of thiazole rings is 1. The zero-order valence-corrected chi connectivity index (χ0v) is 12.4. The largest absolute Gasteiger partial charge is 0.488 e. The summed E-state index contributed by atoms with van der Waals surface area (Å²) in [5, 5.41) is 0. The van der Waals surface area contributed by atoms with Gasteiger partial charge in [-0.05, 0) is 30.5 Å². The van der Waals surface area contributed by atoms with Gasteiger partial charge in [0.25, 0.3) is 0 Å². The topological polar surface area (TPSA) is 48.1 Å². The van der Waals surface area contributed by atoms with Crippen molar-refractivity contribution < 1.29 is 4.74 Å². The number of hydrogen-bond acceptors (Lipinski definition) is 4. The maximum absolute atomic E-state index is 5.93. The molecule has 3 nitrogen and oxygen atoms in total. The molecule has 0 aliphatic rings. The monoisotopic (exact) mass is 296 g/mol. The SMILES string of the molecule is CCC(N)Cc1ccc(OCc2cnc(Cl)s2)cc1. The number of halogens is 1. The van der Waals surface area contributed by atoms with Gasteiger partial charge in [0.15, 0.2) is 4.47 Å². The van der Waals surface area contributed by atoms with Crippen LogP contribution in [-0.4, -0.2) is 11.0 Å². The number of nitrogens with two attached hydrogens (primary N) is 1. The van der Waals surface area contributed by atoms with Crippen molar-refractivity contribution in [2.45, 2.75) is 32.4 Å².